The van der Waals surface area contributed by atoms with E-state index < -0.39 is 0 Å². The number of aliphatic imine (C=N–C) groups is 1. The molecule has 28 heavy (non-hydrogen) atoms. The topological polar surface area (TPSA) is 66.0 Å². The lowest BCUT2D eigenvalue weighted by molar-refractivity contribution is -0.127. The number of nitrogens with one attached hydrogen (secondary N) is 2. The van der Waals surface area contributed by atoms with Crippen LogP contribution < -0.4 is 15.4 Å². The number of amides is 1. The Morgan fingerprint density at radius 1 is 1.29 bits per heavy atom. The summed E-state index contributed by atoms with van der Waals surface area (Å²) in [5.74, 6) is 2.14. The van der Waals surface area contributed by atoms with E-state index in [0.717, 1.165) is 37.1 Å². The van der Waals surface area contributed by atoms with Crippen molar-refractivity contribution in [2.45, 2.75) is 57.6 Å². The average Bonchev–Trinajstić information content (AvgIpc) is 3.10. The molecule has 1 unspecified atom stereocenters. The second kappa shape index (κ2) is 8.84. The maximum atomic E-state index is 12.0. The van der Waals surface area contributed by atoms with E-state index in [1.807, 2.05) is 6.07 Å². The summed E-state index contributed by atoms with van der Waals surface area (Å²) < 4.78 is 6.46. The SMILES string of the molecule is CC(C)CNC(=NCC(=O)N(C)C)NC1CC2(CCCC2)Oc2ccccc21. The number of guanidine groups is 1. The van der Waals surface area contributed by atoms with E-state index in [9.17, 15) is 4.79 Å². The van der Waals surface area contributed by atoms with E-state index in [4.69, 9.17) is 4.74 Å². The normalized spacial score (nSPS) is 20.6. The lowest BCUT2D eigenvalue weighted by Crippen LogP contribution is -2.47. The minimum absolute atomic E-state index is 0.00899. The van der Waals surface area contributed by atoms with Gasteiger partial charge in [0, 0.05) is 32.6 Å². The number of benzene rings is 1. The van der Waals surface area contributed by atoms with Crippen LogP contribution in [0.4, 0.5) is 0 Å². The quantitative estimate of drug-likeness (QED) is 0.603. The third-order valence-electron chi connectivity index (χ3n) is 5.57. The number of ether oxygens (including phenoxy) is 1. The summed E-state index contributed by atoms with van der Waals surface area (Å²) in [6, 6.07) is 8.40. The van der Waals surface area contributed by atoms with Gasteiger partial charge in [0.2, 0.25) is 5.91 Å². The number of para-hydroxylation sites is 1. The van der Waals surface area contributed by atoms with Crippen molar-refractivity contribution in [2.75, 3.05) is 27.2 Å². The van der Waals surface area contributed by atoms with Crippen molar-refractivity contribution in [1.29, 1.82) is 0 Å². The van der Waals surface area contributed by atoms with Crippen molar-refractivity contribution in [3.63, 3.8) is 0 Å². The van der Waals surface area contributed by atoms with Gasteiger partial charge in [0.05, 0.1) is 6.04 Å². The first-order valence-corrected chi connectivity index (χ1v) is 10.4. The molecule has 3 rings (SSSR count). The summed E-state index contributed by atoms with van der Waals surface area (Å²) in [5.41, 5.74) is 1.09. The molecule has 1 spiro atoms. The number of likely N-dealkylation sites (N-methyl/N-ethyl adjacent to an activating group) is 1. The van der Waals surface area contributed by atoms with Crippen LogP contribution >= 0.6 is 0 Å². The number of nitrogens with zero attached hydrogens (tertiary/aromatic N) is 2. The molecule has 154 valence electrons. The molecule has 1 aromatic rings. The molecule has 1 heterocycles. The number of rotatable bonds is 5. The third-order valence-corrected chi connectivity index (χ3v) is 5.57. The van der Waals surface area contributed by atoms with Gasteiger partial charge < -0.3 is 20.3 Å². The summed E-state index contributed by atoms with van der Waals surface area (Å²) in [6.07, 6.45) is 5.57. The molecular weight excluding hydrogens is 352 g/mol. The van der Waals surface area contributed by atoms with E-state index >= 15 is 0 Å². The van der Waals surface area contributed by atoms with Gasteiger partial charge in [-0.25, -0.2) is 4.99 Å². The summed E-state index contributed by atoms with van der Waals surface area (Å²) in [4.78, 5) is 18.2. The fourth-order valence-corrected chi connectivity index (χ4v) is 3.98. The van der Waals surface area contributed by atoms with Gasteiger partial charge in [-0.05, 0) is 37.7 Å². The van der Waals surface area contributed by atoms with Crippen LogP contribution in [0.2, 0.25) is 0 Å². The molecule has 1 aliphatic heterocycles. The maximum Gasteiger partial charge on any atom is 0.243 e. The number of hydrogen-bond acceptors (Lipinski definition) is 3. The van der Waals surface area contributed by atoms with E-state index in [2.05, 4.69) is 47.7 Å². The van der Waals surface area contributed by atoms with Crippen molar-refractivity contribution in [3.8, 4) is 5.75 Å². The lowest BCUT2D eigenvalue weighted by atomic mass is 9.86. The van der Waals surface area contributed by atoms with Crippen LogP contribution in [-0.4, -0.2) is 49.6 Å². The standard InChI is InChI=1S/C22H34N4O2/c1-16(2)14-23-21(24-15-20(27)26(3)4)25-18-13-22(11-7-8-12-22)28-19-10-6-5-9-17(18)19/h5-6,9-10,16,18H,7-8,11-15H2,1-4H3,(H2,23,24,25). The second-order valence-electron chi connectivity index (χ2n) is 8.66. The Labute approximate surface area is 168 Å². The first-order chi connectivity index (χ1) is 13.4. The summed E-state index contributed by atoms with van der Waals surface area (Å²) in [6.45, 7) is 5.26. The van der Waals surface area contributed by atoms with Gasteiger partial charge >= 0.3 is 0 Å². The van der Waals surface area contributed by atoms with Crippen LogP contribution in [0.15, 0.2) is 29.3 Å². The minimum atomic E-state index is -0.0748. The van der Waals surface area contributed by atoms with Crippen LogP contribution in [0.3, 0.4) is 0 Å². The molecular formula is C22H34N4O2. The monoisotopic (exact) mass is 386 g/mol. The second-order valence-corrected chi connectivity index (χ2v) is 8.66. The lowest BCUT2D eigenvalue weighted by Gasteiger charge is -2.40. The number of fused-ring (bicyclic) bond motifs is 1. The van der Waals surface area contributed by atoms with Crippen molar-refractivity contribution >= 4 is 11.9 Å². The molecule has 0 aromatic heterocycles. The largest absolute Gasteiger partial charge is 0.487 e. The zero-order valence-corrected chi connectivity index (χ0v) is 17.6. The summed E-state index contributed by atoms with van der Waals surface area (Å²) in [7, 11) is 3.51. The van der Waals surface area contributed by atoms with Gasteiger partial charge in [0.15, 0.2) is 5.96 Å². The molecule has 1 saturated carbocycles. The Kier molecular flexibility index (Phi) is 6.47. The summed E-state index contributed by atoms with van der Waals surface area (Å²) >= 11 is 0. The highest BCUT2D eigenvalue weighted by Crippen LogP contribution is 2.46. The van der Waals surface area contributed by atoms with E-state index in [0.29, 0.717) is 11.9 Å². The van der Waals surface area contributed by atoms with Crippen LogP contribution in [0.1, 0.15) is 57.6 Å². The van der Waals surface area contributed by atoms with Gasteiger partial charge in [0.1, 0.15) is 17.9 Å². The van der Waals surface area contributed by atoms with Crippen molar-refractivity contribution in [1.82, 2.24) is 15.5 Å². The molecule has 2 N–H and O–H groups in total. The molecule has 6 nitrogen and oxygen atoms in total. The summed E-state index contributed by atoms with van der Waals surface area (Å²) in [5, 5.41) is 7.00. The highest BCUT2D eigenvalue weighted by molar-refractivity contribution is 5.85. The van der Waals surface area contributed by atoms with Crippen LogP contribution in [0.5, 0.6) is 5.75 Å². The number of carbonyl (C=O) groups is 1. The smallest absolute Gasteiger partial charge is 0.243 e. The first kappa shape index (κ1) is 20.5. The number of carbonyl (C=O) groups excluding carboxylic acids is 1. The molecule has 0 saturated heterocycles. The van der Waals surface area contributed by atoms with Gasteiger partial charge in [-0.1, -0.05) is 32.0 Å². The predicted molar refractivity (Wildman–Crippen MR) is 113 cm³/mol. The molecule has 1 aliphatic carbocycles. The zero-order valence-electron chi connectivity index (χ0n) is 17.6. The zero-order chi connectivity index (χ0) is 20.1. The van der Waals surface area contributed by atoms with Gasteiger partial charge in [0.25, 0.3) is 0 Å². The predicted octanol–water partition coefficient (Wildman–Crippen LogP) is 3.10. The fourth-order valence-electron chi connectivity index (χ4n) is 3.98. The van der Waals surface area contributed by atoms with Gasteiger partial charge in [-0.15, -0.1) is 0 Å². The Morgan fingerprint density at radius 2 is 2.00 bits per heavy atom. The highest BCUT2D eigenvalue weighted by atomic mass is 16.5. The van der Waals surface area contributed by atoms with Crippen LogP contribution in [0, 0.1) is 5.92 Å². The van der Waals surface area contributed by atoms with Gasteiger partial charge in [-0.3, -0.25) is 4.79 Å². The molecule has 1 atom stereocenters. The molecule has 1 aromatic carbocycles. The van der Waals surface area contributed by atoms with Crippen LogP contribution in [-0.2, 0) is 4.79 Å². The molecule has 1 amide bonds. The maximum absolute atomic E-state index is 12.0. The Balaban J connectivity index is 1.81. The minimum Gasteiger partial charge on any atom is -0.487 e. The van der Waals surface area contributed by atoms with E-state index in [1.54, 1.807) is 19.0 Å². The fraction of sp³-hybridized carbons (Fsp3) is 0.636. The molecule has 2 aliphatic rings. The molecule has 1 fully saturated rings. The highest BCUT2D eigenvalue weighted by Gasteiger charge is 2.43. The molecule has 6 heteroatoms. The Morgan fingerprint density at radius 3 is 2.68 bits per heavy atom. The third kappa shape index (κ3) is 4.97. The first-order valence-electron chi connectivity index (χ1n) is 10.4. The van der Waals surface area contributed by atoms with Gasteiger partial charge in [-0.2, -0.15) is 0 Å². The Hall–Kier alpha value is -2.24. The number of hydrogen-bond donors (Lipinski definition) is 2. The van der Waals surface area contributed by atoms with Crippen molar-refractivity contribution in [2.24, 2.45) is 10.9 Å². The average molecular weight is 387 g/mol. The molecule has 0 radical (unpaired) electrons. The van der Waals surface area contributed by atoms with E-state index in [-0.39, 0.29) is 24.1 Å². The van der Waals surface area contributed by atoms with Crippen molar-refractivity contribution < 1.29 is 9.53 Å². The molecule has 0 bridgehead atoms. The van der Waals surface area contributed by atoms with Crippen molar-refractivity contribution in [3.05, 3.63) is 29.8 Å². The van der Waals surface area contributed by atoms with E-state index in [1.165, 1.54) is 12.8 Å². The van der Waals surface area contributed by atoms with Crippen LogP contribution in [0.25, 0.3) is 0 Å². The Bertz CT molecular complexity index is 708.